The summed E-state index contributed by atoms with van der Waals surface area (Å²) in [5, 5.41) is 22.2. The summed E-state index contributed by atoms with van der Waals surface area (Å²) in [4.78, 5) is 38.0. The number of rotatable bonds is 7. The number of aromatic nitrogens is 2. The Morgan fingerprint density at radius 1 is 1.10 bits per heavy atom. The number of Topliss-reactive ketones (excluding diaryl/α,β-unsaturated/α-hetero) is 1. The zero-order valence-corrected chi connectivity index (χ0v) is 25.8. The molecule has 1 aromatic rings. The maximum atomic E-state index is 10.9. The van der Waals surface area contributed by atoms with Crippen LogP contribution in [-0.4, -0.2) is 63.9 Å². The molecule has 0 aliphatic heterocycles. The first-order chi connectivity index (χ1) is 17.4. The Bertz CT molecular complexity index is 854. The van der Waals surface area contributed by atoms with Crippen LogP contribution in [0, 0.1) is 23.1 Å². The number of hydrogen-bond acceptors (Lipinski definition) is 12. The molecule has 1 rings (SSSR count). The van der Waals surface area contributed by atoms with Gasteiger partial charge < -0.3 is 30.2 Å². The lowest BCUT2D eigenvalue weighted by Gasteiger charge is -2.12. The molecular formula is C25H48ClN5O8. The lowest BCUT2D eigenvalue weighted by Crippen LogP contribution is -2.17. The van der Waals surface area contributed by atoms with E-state index in [1.54, 1.807) is 27.7 Å². The molecule has 0 fully saturated rings. The highest BCUT2D eigenvalue weighted by atomic mass is 35.5. The van der Waals surface area contributed by atoms with E-state index in [2.05, 4.69) is 26.3 Å². The summed E-state index contributed by atoms with van der Waals surface area (Å²) in [6.07, 6.45) is -0.300. The van der Waals surface area contributed by atoms with E-state index >= 15 is 0 Å². The summed E-state index contributed by atoms with van der Waals surface area (Å²) in [5.74, 6) is -0.599. The maximum Gasteiger partial charge on any atom is 0.381 e. The van der Waals surface area contributed by atoms with E-state index in [4.69, 9.17) is 30.0 Å². The smallest absolute Gasteiger partial charge is 0.381 e. The van der Waals surface area contributed by atoms with Crippen molar-refractivity contribution in [1.82, 2.24) is 16.1 Å². The second-order valence-electron chi connectivity index (χ2n) is 8.34. The van der Waals surface area contributed by atoms with Crippen molar-refractivity contribution in [2.75, 3.05) is 6.61 Å². The lowest BCUT2D eigenvalue weighted by molar-refractivity contribution is -0.145. The van der Waals surface area contributed by atoms with Crippen LogP contribution in [0.4, 0.5) is 0 Å². The van der Waals surface area contributed by atoms with E-state index in [9.17, 15) is 14.4 Å². The highest BCUT2D eigenvalue weighted by molar-refractivity contribution is 6.28. The molecule has 6 N–H and O–H groups in total. The standard InChI is InChI=1S/C8H12N2O2.C7H15NO2.C6H10O3.C3H8O.CClN.H3N/c1-5(2)12-8-9-6(3)4-7(11)10-8;1-5(2)9-7(8)10-6(3)4;1-3-9-6(8)4-5(2)7;1-3(2)4;2-1-3;/h4-5H,1-3H3,(H,9,10,11);5-6,8H,1-4H3;3-4H2,1-2H3;3-4H,1-2H3;;1H3. The fraction of sp³-hybridized carbons (Fsp3) is 0.680. The number of hydrogen-bond donors (Lipinski definition) is 4. The number of aliphatic hydroxyl groups is 1. The number of aryl methyl sites for hydroxylation is 1. The van der Waals surface area contributed by atoms with Crippen LogP contribution in [0.25, 0.3) is 0 Å². The molecule has 0 unspecified atom stereocenters. The Morgan fingerprint density at radius 2 is 1.51 bits per heavy atom. The number of ether oxygens (including phenoxy) is 4. The number of aromatic amines is 1. The maximum absolute atomic E-state index is 10.9. The Balaban J connectivity index is -0.000000132. The van der Waals surface area contributed by atoms with Crippen LogP contribution in [-0.2, 0) is 23.8 Å². The number of aliphatic hydroxyl groups excluding tert-OH is 1. The fourth-order valence-electron chi connectivity index (χ4n) is 1.70. The lowest BCUT2D eigenvalue weighted by atomic mass is 10.3. The molecule has 0 aromatic carbocycles. The van der Waals surface area contributed by atoms with Gasteiger partial charge >= 0.3 is 12.1 Å². The predicted molar refractivity (Wildman–Crippen MR) is 151 cm³/mol. The Labute approximate surface area is 237 Å². The predicted octanol–water partition coefficient (Wildman–Crippen LogP) is 4.42. The molecule has 0 aliphatic carbocycles. The Hall–Kier alpha value is -3.21. The zero-order valence-electron chi connectivity index (χ0n) is 25.1. The fourth-order valence-corrected chi connectivity index (χ4v) is 1.70. The van der Waals surface area contributed by atoms with Gasteiger partial charge in [0.15, 0.2) is 5.53 Å². The molecule has 13 nitrogen and oxygen atoms in total. The van der Waals surface area contributed by atoms with Gasteiger partial charge in [0.25, 0.3) is 11.6 Å². The van der Waals surface area contributed by atoms with E-state index in [0.29, 0.717) is 12.3 Å². The first kappa shape index (κ1) is 45.7. The third kappa shape index (κ3) is 48.4. The van der Waals surface area contributed by atoms with Crippen LogP contribution in [0.3, 0.4) is 0 Å². The van der Waals surface area contributed by atoms with E-state index in [0.717, 1.165) is 0 Å². The van der Waals surface area contributed by atoms with Gasteiger partial charge in [0.1, 0.15) is 12.2 Å². The van der Waals surface area contributed by atoms with Gasteiger partial charge in [0.2, 0.25) is 0 Å². The first-order valence-electron chi connectivity index (χ1n) is 11.9. The van der Waals surface area contributed by atoms with Crippen LogP contribution in [0.5, 0.6) is 6.01 Å². The van der Waals surface area contributed by atoms with E-state index in [1.165, 1.54) is 18.5 Å². The molecule has 0 saturated carbocycles. The number of nitrogens with zero attached hydrogens (tertiary/aromatic N) is 2. The van der Waals surface area contributed by atoms with Crippen molar-refractivity contribution in [3.05, 3.63) is 22.1 Å². The molecule has 0 aliphatic rings. The van der Waals surface area contributed by atoms with Gasteiger partial charge in [-0.2, -0.15) is 5.26 Å². The van der Waals surface area contributed by atoms with Crippen molar-refractivity contribution in [2.45, 2.75) is 107 Å². The quantitative estimate of drug-likeness (QED) is 0.153. The average molecular weight is 582 g/mol. The van der Waals surface area contributed by atoms with Gasteiger partial charge in [-0.15, -0.1) is 0 Å². The van der Waals surface area contributed by atoms with Gasteiger partial charge in [-0.3, -0.25) is 19.4 Å². The minimum absolute atomic E-state index is 0. The normalized spacial score (nSPS) is 8.92. The van der Waals surface area contributed by atoms with Crippen molar-refractivity contribution in [3.63, 3.8) is 0 Å². The molecule has 0 atom stereocenters. The Kier molecular flexibility index (Phi) is 34.4. The van der Waals surface area contributed by atoms with Crippen molar-refractivity contribution in [3.8, 4) is 11.5 Å². The van der Waals surface area contributed by atoms with Crippen LogP contribution >= 0.6 is 11.6 Å². The summed E-state index contributed by atoms with van der Waals surface area (Å²) in [6.45, 7) is 19.8. The van der Waals surface area contributed by atoms with Gasteiger partial charge in [-0.25, -0.2) is 10.4 Å². The number of nitrogens with one attached hydrogen (secondary N) is 2. The van der Waals surface area contributed by atoms with Crippen LogP contribution in [0.15, 0.2) is 10.9 Å². The van der Waals surface area contributed by atoms with Crippen LogP contribution in [0.1, 0.15) is 81.4 Å². The van der Waals surface area contributed by atoms with Gasteiger partial charge in [-0.1, -0.05) is 0 Å². The molecule has 0 radical (unpaired) electrons. The number of esters is 1. The summed E-state index contributed by atoms with van der Waals surface area (Å²) in [7, 11) is 0. The first-order valence-corrected chi connectivity index (χ1v) is 12.3. The number of carbonyl (C=O) groups excluding carboxylic acids is 2. The largest absolute Gasteiger partial charge is 0.466 e. The molecule has 1 heterocycles. The van der Waals surface area contributed by atoms with E-state index < -0.39 is 5.97 Å². The molecule has 0 amide bonds. The van der Waals surface area contributed by atoms with Crippen molar-refractivity contribution < 1.29 is 33.6 Å². The average Bonchev–Trinajstić information content (AvgIpc) is 2.66. The highest BCUT2D eigenvalue weighted by Gasteiger charge is 2.04. The number of halogens is 1. The second kappa shape index (κ2) is 29.3. The molecule has 14 heteroatoms. The minimum atomic E-state index is -0.440. The summed E-state index contributed by atoms with van der Waals surface area (Å²) in [6, 6.07) is 1.71. The Morgan fingerprint density at radius 3 is 1.79 bits per heavy atom. The third-order valence-electron chi connectivity index (χ3n) is 2.58. The van der Waals surface area contributed by atoms with Crippen molar-refractivity contribution in [1.29, 1.82) is 10.7 Å². The van der Waals surface area contributed by atoms with Gasteiger partial charge in [0, 0.05) is 29.5 Å². The summed E-state index contributed by atoms with van der Waals surface area (Å²) >= 11 is 4.30. The number of nitriles is 1. The highest BCUT2D eigenvalue weighted by Crippen LogP contribution is 2.01. The van der Waals surface area contributed by atoms with Gasteiger partial charge in [-0.05, 0) is 76.2 Å². The SMILES string of the molecule is CC(C)O.CC(C)OC(=N)OC(C)C.CCOC(=O)CC(C)=O.Cc1cc(=O)[nH]c(OC(C)C)n1.N.N#CCl. The molecule has 0 saturated heterocycles. The minimum Gasteiger partial charge on any atom is -0.466 e. The molecule has 0 spiro atoms. The van der Waals surface area contributed by atoms with Gasteiger partial charge in [0.05, 0.1) is 24.9 Å². The molecule has 228 valence electrons. The van der Waals surface area contributed by atoms with E-state index in [1.807, 2.05) is 41.5 Å². The van der Waals surface area contributed by atoms with Crippen LogP contribution in [0.2, 0.25) is 0 Å². The molecule has 1 aromatic heterocycles. The number of ketones is 1. The third-order valence-corrected chi connectivity index (χ3v) is 2.58. The zero-order chi connectivity index (χ0) is 30.8. The number of carbonyl (C=O) groups is 2. The summed E-state index contributed by atoms with van der Waals surface area (Å²) < 4.78 is 19.5. The number of H-pyrrole nitrogens is 1. The molecular weight excluding hydrogens is 534 g/mol. The van der Waals surface area contributed by atoms with Crippen molar-refractivity contribution >= 4 is 29.4 Å². The second-order valence-corrected chi connectivity index (χ2v) is 8.51. The molecule has 39 heavy (non-hydrogen) atoms. The topological polar surface area (TPSA) is 220 Å². The van der Waals surface area contributed by atoms with E-state index in [-0.39, 0.29) is 60.4 Å². The molecule has 0 bridgehead atoms. The summed E-state index contributed by atoms with van der Waals surface area (Å²) in [5.41, 5.74) is 1.70. The monoisotopic (exact) mass is 581 g/mol. The van der Waals surface area contributed by atoms with Crippen molar-refractivity contribution in [2.24, 2.45) is 0 Å². The van der Waals surface area contributed by atoms with Crippen LogP contribution < -0.4 is 16.4 Å².